The molecule has 1 aromatic rings. The smallest absolute Gasteiger partial charge is 0.254 e. The van der Waals surface area contributed by atoms with Crippen molar-refractivity contribution in [3.63, 3.8) is 0 Å². The van der Waals surface area contributed by atoms with E-state index in [-0.39, 0.29) is 10.5 Å². The van der Waals surface area contributed by atoms with E-state index in [1.807, 2.05) is 0 Å². The minimum atomic E-state index is -3.52. The van der Waals surface area contributed by atoms with Crippen LogP contribution < -0.4 is 10.5 Å². The summed E-state index contributed by atoms with van der Waals surface area (Å²) in [5.74, 6) is 0.770. The van der Waals surface area contributed by atoms with Crippen molar-refractivity contribution < 1.29 is 13.3 Å². The number of aromatic nitrogens is 1. The van der Waals surface area contributed by atoms with E-state index in [0.29, 0.717) is 12.7 Å². The van der Waals surface area contributed by atoms with Crippen molar-refractivity contribution in [1.29, 1.82) is 0 Å². The van der Waals surface area contributed by atoms with Crippen molar-refractivity contribution in [3.8, 4) is 0 Å². The Morgan fingerprint density at radius 1 is 1.17 bits per heavy atom. The number of piperidine rings is 1. The number of nitrogens with zero attached hydrogens (tertiary/aromatic N) is 2. The number of pyridine rings is 1. The maximum Gasteiger partial charge on any atom is 0.254 e. The number of likely N-dealkylation sites (tertiary alicyclic amines) is 1. The molecule has 7 heteroatoms. The lowest BCUT2D eigenvalue weighted by Crippen LogP contribution is -3.17. The summed E-state index contributed by atoms with van der Waals surface area (Å²) in [6.07, 6.45) is 9.14. The number of hydrogen-bond acceptors (Lipinski definition) is 3. The third-order valence-electron chi connectivity index (χ3n) is 5.61. The van der Waals surface area contributed by atoms with E-state index in [1.165, 1.54) is 80.2 Å². The van der Waals surface area contributed by atoms with E-state index in [4.69, 9.17) is 0 Å². The van der Waals surface area contributed by atoms with Crippen LogP contribution in [-0.4, -0.2) is 44.0 Å². The Labute approximate surface area is 144 Å². The Morgan fingerprint density at radius 2 is 1.88 bits per heavy atom. The molecule has 0 aromatic carbocycles. The van der Waals surface area contributed by atoms with E-state index in [1.54, 1.807) is 4.57 Å². The van der Waals surface area contributed by atoms with Crippen molar-refractivity contribution in [2.45, 2.75) is 56.1 Å². The normalized spacial score (nSPS) is 27.9. The minimum absolute atomic E-state index is 0.127. The first-order valence-electron chi connectivity index (χ1n) is 8.87. The van der Waals surface area contributed by atoms with Crippen molar-refractivity contribution in [2.24, 2.45) is 5.92 Å². The summed E-state index contributed by atoms with van der Waals surface area (Å²) in [7, 11) is -0.502. The molecule has 6 nitrogen and oxygen atoms in total. The van der Waals surface area contributed by atoms with Crippen LogP contribution in [0.15, 0.2) is 28.0 Å². The van der Waals surface area contributed by atoms with Crippen LogP contribution in [0.5, 0.6) is 0 Å². The fourth-order valence-corrected chi connectivity index (χ4v) is 5.20. The Balaban J connectivity index is 1.85. The molecule has 1 saturated carbocycles. The number of nitrogens with one attached hydrogen (secondary N) is 1. The molecule has 1 aromatic heterocycles. The van der Waals surface area contributed by atoms with Gasteiger partial charge in [-0.25, -0.2) is 12.7 Å². The molecule has 3 atom stereocenters. The number of sulfonamides is 1. The molecule has 2 aliphatic rings. The second-order valence-electron chi connectivity index (χ2n) is 7.32. The van der Waals surface area contributed by atoms with Crippen molar-refractivity contribution in [3.05, 3.63) is 28.7 Å². The van der Waals surface area contributed by atoms with Crippen LogP contribution in [0.4, 0.5) is 0 Å². The first-order valence-corrected chi connectivity index (χ1v) is 10.3. The van der Waals surface area contributed by atoms with Gasteiger partial charge in [0.05, 0.1) is 17.5 Å². The number of hydrogen-bond donors (Lipinski definition) is 1. The average molecular weight is 354 g/mol. The van der Waals surface area contributed by atoms with Gasteiger partial charge in [-0.1, -0.05) is 6.42 Å². The molecule has 0 amide bonds. The van der Waals surface area contributed by atoms with Crippen LogP contribution in [-0.2, 0) is 16.7 Å². The molecule has 2 heterocycles. The number of quaternary nitrogens is 1. The highest BCUT2D eigenvalue weighted by atomic mass is 32.2. The molecule has 24 heavy (non-hydrogen) atoms. The molecule has 0 bridgehead atoms. The summed E-state index contributed by atoms with van der Waals surface area (Å²) in [5, 5.41) is 0. The van der Waals surface area contributed by atoms with Crippen LogP contribution in [0.1, 0.15) is 38.5 Å². The maximum atomic E-state index is 12.3. The Bertz CT molecular complexity index is 740. The Kier molecular flexibility index (Phi) is 5.13. The van der Waals surface area contributed by atoms with Gasteiger partial charge in [0.25, 0.3) is 5.56 Å². The summed E-state index contributed by atoms with van der Waals surface area (Å²) >= 11 is 0. The van der Waals surface area contributed by atoms with E-state index in [9.17, 15) is 13.2 Å². The third kappa shape index (κ3) is 3.43. The first-order chi connectivity index (χ1) is 11.4. The number of rotatable bonds is 4. The zero-order valence-electron chi connectivity index (χ0n) is 14.6. The summed E-state index contributed by atoms with van der Waals surface area (Å²) in [6.45, 7) is 1.63. The van der Waals surface area contributed by atoms with E-state index >= 15 is 0 Å². The molecule has 1 N–H and O–H groups in total. The molecular formula is C17H28N3O3S+. The van der Waals surface area contributed by atoms with E-state index in [2.05, 4.69) is 0 Å². The van der Waals surface area contributed by atoms with Gasteiger partial charge in [-0.05, 0) is 38.2 Å². The fraction of sp³-hybridized carbons (Fsp3) is 0.706. The predicted octanol–water partition coefficient (Wildman–Crippen LogP) is 0.294. The highest BCUT2D eigenvalue weighted by molar-refractivity contribution is 7.89. The third-order valence-corrected chi connectivity index (χ3v) is 7.41. The van der Waals surface area contributed by atoms with E-state index < -0.39 is 10.0 Å². The Morgan fingerprint density at radius 3 is 2.62 bits per heavy atom. The van der Waals surface area contributed by atoms with Gasteiger partial charge >= 0.3 is 0 Å². The lowest BCUT2D eigenvalue weighted by molar-refractivity contribution is -0.957. The highest BCUT2D eigenvalue weighted by Crippen LogP contribution is 2.28. The van der Waals surface area contributed by atoms with Crippen molar-refractivity contribution in [2.75, 3.05) is 20.6 Å². The van der Waals surface area contributed by atoms with Crippen LogP contribution in [0.25, 0.3) is 0 Å². The van der Waals surface area contributed by atoms with Gasteiger partial charge in [-0.15, -0.1) is 0 Å². The summed E-state index contributed by atoms with van der Waals surface area (Å²) in [5.41, 5.74) is -0.127. The molecule has 2 fully saturated rings. The average Bonchev–Trinajstić information content (AvgIpc) is 2.57. The zero-order valence-corrected chi connectivity index (χ0v) is 15.4. The lowest BCUT2D eigenvalue weighted by atomic mass is 9.78. The first kappa shape index (κ1) is 17.6. The van der Waals surface area contributed by atoms with Gasteiger partial charge in [0.1, 0.15) is 0 Å². The summed E-state index contributed by atoms with van der Waals surface area (Å²) in [6, 6.07) is 3.40. The van der Waals surface area contributed by atoms with E-state index in [0.717, 1.165) is 12.5 Å². The SMILES string of the molecule is CN(C)S(=O)(=O)c1ccc(=O)n(C[NH+]2CCC[C@H]3CCCC[C@@H]32)c1. The predicted molar refractivity (Wildman–Crippen MR) is 92.4 cm³/mol. The lowest BCUT2D eigenvalue weighted by Gasteiger charge is -2.41. The largest absolute Gasteiger partial charge is 0.315 e. The van der Waals surface area contributed by atoms with Gasteiger partial charge in [-0.3, -0.25) is 9.36 Å². The summed E-state index contributed by atoms with van der Waals surface area (Å²) < 4.78 is 27.4. The zero-order chi connectivity index (χ0) is 17.3. The van der Waals surface area contributed by atoms with Crippen LogP contribution in [0.2, 0.25) is 0 Å². The molecule has 1 aliphatic heterocycles. The second kappa shape index (κ2) is 6.98. The van der Waals surface area contributed by atoms with Gasteiger partial charge in [0.2, 0.25) is 10.0 Å². The van der Waals surface area contributed by atoms with Crippen LogP contribution >= 0.6 is 0 Å². The maximum absolute atomic E-state index is 12.3. The highest BCUT2D eigenvalue weighted by Gasteiger charge is 2.36. The second-order valence-corrected chi connectivity index (χ2v) is 9.47. The Hall–Kier alpha value is -1.18. The van der Waals surface area contributed by atoms with Crippen molar-refractivity contribution in [1.82, 2.24) is 8.87 Å². The molecule has 1 saturated heterocycles. The van der Waals surface area contributed by atoms with Crippen molar-refractivity contribution >= 4 is 10.0 Å². The number of fused-ring (bicyclic) bond motifs is 1. The minimum Gasteiger partial charge on any atom is -0.315 e. The molecule has 1 aliphatic carbocycles. The van der Waals surface area contributed by atoms with Gasteiger partial charge < -0.3 is 4.90 Å². The molecule has 0 spiro atoms. The van der Waals surface area contributed by atoms with Gasteiger partial charge in [0.15, 0.2) is 6.67 Å². The van der Waals surface area contributed by atoms with Crippen LogP contribution in [0, 0.1) is 5.92 Å². The summed E-state index contributed by atoms with van der Waals surface area (Å²) in [4.78, 5) is 13.9. The van der Waals surface area contributed by atoms with Crippen LogP contribution in [0.3, 0.4) is 0 Å². The standard InChI is InChI=1S/C17H27N3O3S/c1-18(2)24(22,23)15-9-10-17(21)20(12-15)13-19-11-5-7-14-6-3-4-8-16(14)19/h9-10,12,14,16H,3-8,11,13H2,1-2H3/p+1/t14-,16+/m1/s1. The molecule has 134 valence electrons. The monoisotopic (exact) mass is 354 g/mol. The van der Waals surface area contributed by atoms with Gasteiger partial charge in [0, 0.05) is 32.3 Å². The quantitative estimate of drug-likeness (QED) is 0.846. The molecule has 0 radical (unpaired) electrons. The topological polar surface area (TPSA) is 63.8 Å². The molecule has 1 unspecified atom stereocenters. The fourth-order valence-electron chi connectivity index (χ4n) is 4.28. The van der Waals surface area contributed by atoms with Gasteiger partial charge in [-0.2, -0.15) is 0 Å². The molecular weight excluding hydrogens is 326 g/mol. The molecule has 3 rings (SSSR count).